The van der Waals surface area contributed by atoms with Crippen molar-refractivity contribution in [2.45, 2.75) is 18.6 Å². The number of hydrogen-bond donors (Lipinski definition) is 1. The number of aryl methyl sites for hydroxylation is 1. The number of methoxy groups -OCH3 is 2. The summed E-state index contributed by atoms with van der Waals surface area (Å²) < 4.78 is 38.9. The Kier molecular flexibility index (Phi) is 6.55. The number of nitrogens with zero attached hydrogens (tertiary/aromatic N) is 1. The fourth-order valence-corrected chi connectivity index (χ4v) is 5.13. The zero-order valence-corrected chi connectivity index (χ0v) is 19.4. The van der Waals surface area contributed by atoms with Crippen LogP contribution in [-0.4, -0.2) is 35.1 Å². The van der Waals surface area contributed by atoms with Crippen molar-refractivity contribution in [3.8, 4) is 11.5 Å². The average molecular weight is 467 g/mol. The number of carbonyl (C=O) groups is 1. The van der Waals surface area contributed by atoms with Gasteiger partial charge in [-0.25, -0.2) is 8.42 Å². The van der Waals surface area contributed by atoms with Crippen molar-refractivity contribution < 1.29 is 22.7 Å². The second-order valence-corrected chi connectivity index (χ2v) is 9.57. The molecule has 1 amide bonds. The van der Waals surface area contributed by atoms with Crippen molar-refractivity contribution in [3.05, 3.63) is 83.4 Å². The van der Waals surface area contributed by atoms with Gasteiger partial charge in [-0.2, -0.15) is 0 Å². The van der Waals surface area contributed by atoms with Gasteiger partial charge in [-0.05, 0) is 60.4 Å². The van der Waals surface area contributed by atoms with Crippen LogP contribution in [0.25, 0.3) is 0 Å². The predicted octanol–water partition coefficient (Wildman–Crippen LogP) is 4.24. The second-order valence-electron chi connectivity index (χ2n) is 7.85. The van der Waals surface area contributed by atoms with Crippen LogP contribution in [0.3, 0.4) is 0 Å². The minimum Gasteiger partial charge on any atom is -0.497 e. The molecule has 0 spiro atoms. The summed E-state index contributed by atoms with van der Waals surface area (Å²) in [5, 5.41) is 0. The smallest absolute Gasteiger partial charge is 0.258 e. The Morgan fingerprint density at radius 1 is 0.970 bits per heavy atom. The Morgan fingerprint density at radius 3 is 2.33 bits per heavy atom. The quantitative estimate of drug-likeness (QED) is 0.563. The van der Waals surface area contributed by atoms with Crippen LogP contribution in [-0.2, 0) is 22.2 Å². The summed E-state index contributed by atoms with van der Waals surface area (Å²) in [7, 11) is -0.689. The van der Waals surface area contributed by atoms with Crippen molar-refractivity contribution >= 4 is 27.3 Å². The lowest BCUT2D eigenvalue weighted by atomic mass is 10.00. The molecule has 0 fully saturated rings. The highest BCUT2D eigenvalue weighted by Crippen LogP contribution is 2.32. The normalized spacial score (nSPS) is 13.2. The number of benzene rings is 3. The maximum absolute atomic E-state index is 13.1. The van der Waals surface area contributed by atoms with Gasteiger partial charge < -0.3 is 14.4 Å². The Morgan fingerprint density at radius 2 is 1.67 bits per heavy atom. The van der Waals surface area contributed by atoms with Crippen molar-refractivity contribution in [2.75, 3.05) is 30.4 Å². The SMILES string of the molecule is COc1cc(CS(=O)(=O)Nc2ccc3c(c2)N(C(=O)c2ccccc2)CCC3)cc(OC)c1. The van der Waals surface area contributed by atoms with Crippen LogP contribution in [0.2, 0.25) is 0 Å². The first-order valence-electron chi connectivity index (χ1n) is 10.6. The van der Waals surface area contributed by atoms with E-state index < -0.39 is 10.0 Å². The van der Waals surface area contributed by atoms with Gasteiger partial charge in [0.05, 0.1) is 25.7 Å². The fraction of sp³-hybridized carbons (Fsp3) is 0.240. The molecule has 1 N–H and O–H groups in total. The van der Waals surface area contributed by atoms with Crippen LogP contribution in [0.4, 0.5) is 11.4 Å². The molecule has 3 aromatic carbocycles. The van der Waals surface area contributed by atoms with Crippen LogP contribution in [0.1, 0.15) is 27.9 Å². The third kappa shape index (κ3) is 5.28. The van der Waals surface area contributed by atoms with E-state index >= 15 is 0 Å². The molecule has 0 radical (unpaired) electrons. The van der Waals surface area contributed by atoms with Crippen molar-refractivity contribution in [1.82, 2.24) is 0 Å². The van der Waals surface area contributed by atoms with E-state index in [1.165, 1.54) is 14.2 Å². The topological polar surface area (TPSA) is 84.9 Å². The molecule has 1 heterocycles. The Balaban J connectivity index is 1.58. The number of rotatable bonds is 7. The van der Waals surface area contributed by atoms with Gasteiger partial charge >= 0.3 is 0 Å². The number of anilines is 2. The molecule has 7 nitrogen and oxygen atoms in total. The van der Waals surface area contributed by atoms with Gasteiger partial charge in [-0.3, -0.25) is 9.52 Å². The van der Waals surface area contributed by atoms with E-state index in [1.807, 2.05) is 24.3 Å². The van der Waals surface area contributed by atoms with Crippen LogP contribution in [0.5, 0.6) is 11.5 Å². The fourth-order valence-electron chi connectivity index (χ4n) is 3.97. The number of hydrogen-bond acceptors (Lipinski definition) is 5. The van der Waals surface area contributed by atoms with E-state index in [-0.39, 0.29) is 11.7 Å². The minimum atomic E-state index is -3.72. The standard InChI is InChI=1S/C25H26N2O5S/c1-31-22-13-18(14-23(16-22)32-2)17-33(29,30)26-21-11-10-19-9-6-12-27(24(19)15-21)25(28)20-7-4-3-5-8-20/h3-5,7-8,10-11,13-16,26H,6,9,12,17H2,1-2H3. The number of ether oxygens (including phenoxy) is 2. The van der Waals surface area contributed by atoms with Crippen molar-refractivity contribution in [1.29, 1.82) is 0 Å². The first-order chi connectivity index (χ1) is 15.9. The maximum Gasteiger partial charge on any atom is 0.258 e. The largest absolute Gasteiger partial charge is 0.497 e. The molecule has 0 saturated carbocycles. The van der Waals surface area contributed by atoms with E-state index in [2.05, 4.69) is 4.72 Å². The first kappa shape index (κ1) is 22.7. The average Bonchev–Trinajstić information content (AvgIpc) is 2.82. The monoisotopic (exact) mass is 466 g/mol. The zero-order valence-electron chi connectivity index (χ0n) is 18.6. The third-order valence-corrected chi connectivity index (χ3v) is 6.77. The molecule has 3 aromatic rings. The molecule has 0 bridgehead atoms. The number of carbonyl (C=O) groups excluding carboxylic acids is 1. The van der Waals surface area contributed by atoms with E-state index in [0.717, 1.165) is 24.1 Å². The van der Waals surface area contributed by atoms with Crippen LogP contribution < -0.4 is 19.1 Å². The molecule has 0 aromatic heterocycles. The lowest BCUT2D eigenvalue weighted by molar-refractivity contribution is 0.0985. The summed E-state index contributed by atoms with van der Waals surface area (Å²) in [6.07, 6.45) is 1.69. The van der Waals surface area contributed by atoms with Gasteiger partial charge in [0.15, 0.2) is 0 Å². The van der Waals surface area contributed by atoms with E-state index in [9.17, 15) is 13.2 Å². The molecule has 8 heteroatoms. The minimum absolute atomic E-state index is 0.0972. The van der Waals surface area contributed by atoms with Gasteiger partial charge in [0.2, 0.25) is 10.0 Å². The number of fused-ring (bicyclic) bond motifs is 1. The molecule has 0 atom stereocenters. The van der Waals surface area contributed by atoms with Gasteiger partial charge in [0.25, 0.3) is 5.91 Å². The summed E-state index contributed by atoms with van der Waals surface area (Å²) in [4.78, 5) is 14.8. The maximum atomic E-state index is 13.1. The third-order valence-electron chi connectivity index (χ3n) is 5.51. The van der Waals surface area contributed by atoms with Gasteiger partial charge in [0.1, 0.15) is 11.5 Å². The Labute approximate surface area is 194 Å². The zero-order chi connectivity index (χ0) is 23.4. The number of sulfonamides is 1. The Hall–Kier alpha value is -3.52. The summed E-state index contributed by atoms with van der Waals surface area (Å²) in [5.74, 6) is 0.691. The summed E-state index contributed by atoms with van der Waals surface area (Å²) in [6.45, 7) is 0.584. The van der Waals surface area contributed by atoms with Gasteiger partial charge in [-0.1, -0.05) is 24.3 Å². The Bertz CT molecular complexity index is 1240. The van der Waals surface area contributed by atoms with E-state index in [0.29, 0.717) is 34.9 Å². The van der Waals surface area contributed by atoms with Crippen LogP contribution >= 0.6 is 0 Å². The van der Waals surface area contributed by atoms with E-state index in [1.54, 1.807) is 47.4 Å². The summed E-state index contributed by atoms with van der Waals surface area (Å²) in [6, 6.07) is 19.5. The lowest BCUT2D eigenvalue weighted by Gasteiger charge is -2.30. The van der Waals surface area contributed by atoms with Crippen molar-refractivity contribution in [3.63, 3.8) is 0 Å². The molecule has 1 aliphatic heterocycles. The highest BCUT2D eigenvalue weighted by atomic mass is 32.2. The summed E-state index contributed by atoms with van der Waals surface area (Å²) in [5.41, 5.74) is 3.31. The molecule has 33 heavy (non-hydrogen) atoms. The molecule has 172 valence electrons. The second kappa shape index (κ2) is 9.54. The predicted molar refractivity (Wildman–Crippen MR) is 129 cm³/mol. The number of amides is 1. The molecule has 0 unspecified atom stereocenters. The highest BCUT2D eigenvalue weighted by molar-refractivity contribution is 7.91. The molecular weight excluding hydrogens is 440 g/mol. The van der Waals surface area contributed by atoms with E-state index in [4.69, 9.17) is 9.47 Å². The van der Waals surface area contributed by atoms with Gasteiger partial charge in [-0.15, -0.1) is 0 Å². The molecule has 1 aliphatic rings. The summed E-state index contributed by atoms with van der Waals surface area (Å²) >= 11 is 0. The van der Waals surface area contributed by atoms with Gasteiger partial charge in [0, 0.05) is 23.9 Å². The highest BCUT2D eigenvalue weighted by Gasteiger charge is 2.24. The number of nitrogens with one attached hydrogen (secondary N) is 1. The van der Waals surface area contributed by atoms with Crippen molar-refractivity contribution in [2.24, 2.45) is 0 Å². The molecule has 0 aliphatic carbocycles. The molecular formula is C25H26N2O5S. The first-order valence-corrected chi connectivity index (χ1v) is 12.3. The molecule has 0 saturated heterocycles. The van der Waals surface area contributed by atoms with Crippen LogP contribution in [0, 0.1) is 0 Å². The lowest BCUT2D eigenvalue weighted by Crippen LogP contribution is -2.35. The molecule has 4 rings (SSSR count). The van der Waals surface area contributed by atoms with Crippen LogP contribution in [0.15, 0.2) is 66.7 Å².